The lowest BCUT2D eigenvalue weighted by Gasteiger charge is -2.27. The Kier molecular flexibility index (Phi) is 5.89. The minimum Gasteiger partial charge on any atom is -0.240 e. The van der Waals surface area contributed by atoms with E-state index in [0.717, 1.165) is 30.1 Å². The van der Waals surface area contributed by atoms with Gasteiger partial charge >= 0.3 is 0 Å². The van der Waals surface area contributed by atoms with Crippen LogP contribution in [-0.4, -0.2) is 19.9 Å². The van der Waals surface area contributed by atoms with Crippen LogP contribution in [0.2, 0.25) is 0 Å². The second-order valence-corrected chi connectivity index (χ2v) is 7.00. The SMILES string of the molecule is CCCc1cnc(-c2cnc([C@H]3CC[C@H](CCC)CC3)nc2)nc1. The van der Waals surface area contributed by atoms with Crippen molar-refractivity contribution in [2.24, 2.45) is 5.92 Å². The molecule has 1 aliphatic carbocycles. The smallest absolute Gasteiger partial charge is 0.162 e. The molecule has 0 bridgehead atoms. The van der Waals surface area contributed by atoms with Gasteiger partial charge in [0.15, 0.2) is 5.82 Å². The third-order valence-electron chi connectivity index (χ3n) is 5.08. The monoisotopic (exact) mass is 324 g/mol. The second kappa shape index (κ2) is 8.32. The molecule has 4 nitrogen and oxygen atoms in total. The predicted octanol–water partition coefficient (Wildman–Crippen LogP) is 4.96. The zero-order valence-corrected chi connectivity index (χ0v) is 14.9. The summed E-state index contributed by atoms with van der Waals surface area (Å²) >= 11 is 0. The van der Waals surface area contributed by atoms with Gasteiger partial charge in [-0.3, -0.25) is 0 Å². The molecular weight excluding hydrogens is 296 g/mol. The molecule has 0 aliphatic heterocycles. The minimum atomic E-state index is 0.528. The number of aromatic nitrogens is 4. The van der Waals surface area contributed by atoms with Crippen LogP contribution in [0.25, 0.3) is 11.4 Å². The van der Waals surface area contributed by atoms with E-state index in [9.17, 15) is 0 Å². The summed E-state index contributed by atoms with van der Waals surface area (Å²) < 4.78 is 0. The van der Waals surface area contributed by atoms with Crippen LogP contribution >= 0.6 is 0 Å². The third kappa shape index (κ3) is 4.16. The van der Waals surface area contributed by atoms with Crippen molar-refractivity contribution in [1.29, 1.82) is 0 Å². The highest BCUT2D eigenvalue weighted by molar-refractivity contribution is 5.51. The summed E-state index contributed by atoms with van der Waals surface area (Å²) in [5.74, 6) is 3.16. The van der Waals surface area contributed by atoms with Gasteiger partial charge in [0, 0.05) is 30.7 Å². The highest BCUT2D eigenvalue weighted by Crippen LogP contribution is 2.36. The quantitative estimate of drug-likeness (QED) is 0.753. The Morgan fingerprint density at radius 1 is 0.833 bits per heavy atom. The Bertz CT molecular complexity index is 613. The Balaban J connectivity index is 1.63. The van der Waals surface area contributed by atoms with Crippen LogP contribution < -0.4 is 0 Å². The van der Waals surface area contributed by atoms with Gasteiger partial charge in [0.05, 0.1) is 5.56 Å². The first-order valence-electron chi connectivity index (χ1n) is 9.43. The average Bonchev–Trinajstić information content (AvgIpc) is 2.64. The van der Waals surface area contributed by atoms with Crippen molar-refractivity contribution in [3.05, 3.63) is 36.2 Å². The first-order chi connectivity index (χ1) is 11.8. The van der Waals surface area contributed by atoms with Crippen LogP contribution in [0.3, 0.4) is 0 Å². The molecule has 1 fully saturated rings. The first kappa shape index (κ1) is 17.0. The van der Waals surface area contributed by atoms with Gasteiger partial charge in [0.1, 0.15) is 5.82 Å². The van der Waals surface area contributed by atoms with Crippen molar-refractivity contribution in [2.75, 3.05) is 0 Å². The maximum Gasteiger partial charge on any atom is 0.162 e. The lowest BCUT2D eigenvalue weighted by molar-refractivity contribution is 0.302. The summed E-state index contributed by atoms with van der Waals surface area (Å²) in [5, 5.41) is 0. The van der Waals surface area contributed by atoms with Crippen molar-refractivity contribution in [3.8, 4) is 11.4 Å². The zero-order valence-electron chi connectivity index (χ0n) is 14.9. The molecule has 2 aromatic rings. The van der Waals surface area contributed by atoms with Gasteiger partial charge in [-0.15, -0.1) is 0 Å². The van der Waals surface area contributed by atoms with Crippen molar-refractivity contribution >= 4 is 0 Å². The van der Waals surface area contributed by atoms with E-state index >= 15 is 0 Å². The average molecular weight is 324 g/mol. The molecule has 24 heavy (non-hydrogen) atoms. The fourth-order valence-corrected chi connectivity index (χ4v) is 3.70. The third-order valence-corrected chi connectivity index (χ3v) is 5.08. The molecule has 0 aromatic carbocycles. The Labute approximate surface area is 145 Å². The second-order valence-electron chi connectivity index (χ2n) is 7.00. The number of hydrogen-bond donors (Lipinski definition) is 0. The molecule has 2 aromatic heterocycles. The van der Waals surface area contributed by atoms with Crippen LogP contribution in [0, 0.1) is 5.92 Å². The van der Waals surface area contributed by atoms with Crippen LogP contribution in [-0.2, 0) is 6.42 Å². The van der Waals surface area contributed by atoms with E-state index in [1.54, 1.807) is 0 Å². The van der Waals surface area contributed by atoms with Crippen molar-refractivity contribution in [2.45, 2.75) is 71.1 Å². The molecule has 0 N–H and O–H groups in total. The Hall–Kier alpha value is -1.84. The lowest BCUT2D eigenvalue weighted by atomic mass is 9.80. The first-order valence-corrected chi connectivity index (χ1v) is 9.43. The number of hydrogen-bond acceptors (Lipinski definition) is 4. The van der Waals surface area contributed by atoms with E-state index in [0.29, 0.717) is 11.7 Å². The standard InChI is InChI=1S/C20H28N4/c1-3-5-15-7-9-17(10-8-15)19-23-13-18(14-24-19)20-21-11-16(6-4-2)12-22-20/h11-15,17H,3-10H2,1-2H3/t15-,17-. The molecule has 128 valence electrons. The van der Waals surface area contributed by atoms with Gasteiger partial charge in [-0.2, -0.15) is 0 Å². The Morgan fingerprint density at radius 2 is 1.50 bits per heavy atom. The zero-order chi connectivity index (χ0) is 16.8. The Morgan fingerprint density at radius 3 is 2.08 bits per heavy atom. The van der Waals surface area contributed by atoms with Gasteiger partial charge in [-0.05, 0) is 43.6 Å². The predicted molar refractivity (Wildman–Crippen MR) is 96.7 cm³/mol. The molecule has 2 heterocycles. The molecule has 0 saturated heterocycles. The van der Waals surface area contributed by atoms with Crippen LogP contribution in [0.1, 0.15) is 76.1 Å². The molecule has 0 radical (unpaired) electrons. The van der Waals surface area contributed by atoms with Crippen molar-refractivity contribution < 1.29 is 0 Å². The molecule has 1 aliphatic rings. The molecule has 3 rings (SSSR count). The van der Waals surface area contributed by atoms with Crippen molar-refractivity contribution in [1.82, 2.24) is 19.9 Å². The van der Waals surface area contributed by atoms with Gasteiger partial charge < -0.3 is 0 Å². The molecule has 0 unspecified atom stereocenters. The highest BCUT2D eigenvalue weighted by atomic mass is 14.9. The molecule has 4 heteroatoms. The largest absolute Gasteiger partial charge is 0.240 e. The van der Waals surface area contributed by atoms with E-state index in [4.69, 9.17) is 0 Å². The van der Waals surface area contributed by atoms with Crippen LogP contribution in [0.4, 0.5) is 0 Å². The molecule has 1 saturated carbocycles. The van der Waals surface area contributed by atoms with E-state index in [1.807, 2.05) is 24.8 Å². The van der Waals surface area contributed by atoms with Gasteiger partial charge in [-0.1, -0.05) is 33.1 Å². The van der Waals surface area contributed by atoms with Crippen LogP contribution in [0.5, 0.6) is 0 Å². The number of nitrogens with zero attached hydrogens (tertiary/aromatic N) is 4. The minimum absolute atomic E-state index is 0.528. The fourth-order valence-electron chi connectivity index (χ4n) is 3.70. The highest BCUT2D eigenvalue weighted by Gasteiger charge is 2.23. The van der Waals surface area contributed by atoms with E-state index in [2.05, 4.69) is 33.8 Å². The van der Waals surface area contributed by atoms with E-state index < -0.39 is 0 Å². The maximum absolute atomic E-state index is 4.62. The number of rotatable bonds is 6. The molecule has 0 amide bonds. The maximum atomic E-state index is 4.62. The topological polar surface area (TPSA) is 51.6 Å². The lowest BCUT2D eigenvalue weighted by Crippen LogP contribution is -2.15. The van der Waals surface area contributed by atoms with Crippen molar-refractivity contribution in [3.63, 3.8) is 0 Å². The number of aryl methyl sites for hydroxylation is 1. The molecular formula is C20H28N4. The normalized spacial score (nSPS) is 20.9. The summed E-state index contributed by atoms with van der Waals surface area (Å²) in [6, 6.07) is 0. The summed E-state index contributed by atoms with van der Waals surface area (Å²) in [4.78, 5) is 18.1. The summed E-state index contributed by atoms with van der Waals surface area (Å²) in [5.41, 5.74) is 2.09. The summed E-state index contributed by atoms with van der Waals surface area (Å²) in [6.45, 7) is 4.45. The van der Waals surface area contributed by atoms with Gasteiger partial charge in [0.2, 0.25) is 0 Å². The van der Waals surface area contributed by atoms with E-state index in [1.165, 1.54) is 44.1 Å². The van der Waals surface area contributed by atoms with E-state index in [-0.39, 0.29) is 0 Å². The van der Waals surface area contributed by atoms with Crippen LogP contribution in [0.15, 0.2) is 24.8 Å². The van der Waals surface area contributed by atoms with Gasteiger partial charge in [-0.25, -0.2) is 19.9 Å². The molecule has 0 atom stereocenters. The summed E-state index contributed by atoms with van der Waals surface area (Å²) in [7, 11) is 0. The van der Waals surface area contributed by atoms with Gasteiger partial charge in [0.25, 0.3) is 0 Å². The summed E-state index contributed by atoms with van der Waals surface area (Å²) in [6.07, 6.45) is 17.5. The molecule has 0 spiro atoms. The fraction of sp³-hybridized carbons (Fsp3) is 0.600.